The molecule has 3 rings (SSSR count). The van der Waals surface area contributed by atoms with Crippen LogP contribution in [-0.4, -0.2) is 15.7 Å². The number of nitrogens with one attached hydrogen (secondary N) is 1. The summed E-state index contributed by atoms with van der Waals surface area (Å²) < 4.78 is 1.74. The highest BCUT2D eigenvalue weighted by atomic mass is 35.5. The Morgan fingerprint density at radius 1 is 1.13 bits per heavy atom. The molecule has 0 bridgehead atoms. The smallest absolute Gasteiger partial charge is 0.259 e. The molecule has 0 unspecified atom stereocenters. The van der Waals surface area contributed by atoms with Gasteiger partial charge in [-0.15, -0.1) is 0 Å². The van der Waals surface area contributed by atoms with Gasteiger partial charge in [0.05, 0.1) is 33.9 Å². The van der Waals surface area contributed by atoms with Gasteiger partial charge in [-0.05, 0) is 43.7 Å². The monoisotopic (exact) mass is 325 g/mol. The van der Waals surface area contributed by atoms with Gasteiger partial charge in [0.15, 0.2) is 0 Å². The molecule has 2 aromatic carbocycles. The molecular formula is C18H16ClN3O. The minimum absolute atomic E-state index is 0.226. The Morgan fingerprint density at radius 2 is 1.87 bits per heavy atom. The zero-order chi connectivity index (χ0) is 16.4. The standard InChI is InChI=1S/C18H16ClN3O/c1-12-8-9-17(16(19)10-12)21-18(23)15-11-20-22(13(15)2)14-6-4-3-5-7-14/h3-11H,1-2H3,(H,21,23). The fourth-order valence-electron chi connectivity index (χ4n) is 2.37. The Hall–Kier alpha value is -2.59. The average Bonchev–Trinajstić information content (AvgIpc) is 2.92. The van der Waals surface area contributed by atoms with Crippen molar-refractivity contribution < 1.29 is 4.79 Å². The van der Waals surface area contributed by atoms with Crippen LogP contribution in [0.25, 0.3) is 5.69 Å². The number of anilines is 1. The van der Waals surface area contributed by atoms with Gasteiger partial charge in [-0.2, -0.15) is 5.10 Å². The van der Waals surface area contributed by atoms with E-state index in [1.54, 1.807) is 16.9 Å². The van der Waals surface area contributed by atoms with Crippen molar-refractivity contribution in [1.82, 2.24) is 9.78 Å². The predicted molar refractivity (Wildman–Crippen MR) is 92.4 cm³/mol. The lowest BCUT2D eigenvalue weighted by atomic mass is 10.2. The van der Waals surface area contributed by atoms with Crippen LogP contribution in [-0.2, 0) is 0 Å². The Kier molecular flexibility index (Phi) is 4.17. The Balaban J connectivity index is 1.88. The zero-order valence-corrected chi connectivity index (χ0v) is 13.6. The van der Waals surface area contributed by atoms with E-state index in [1.807, 2.05) is 56.3 Å². The number of carbonyl (C=O) groups excluding carboxylic acids is 1. The van der Waals surface area contributed by atoms with Gasteiger partial charge in [-0.25, -0.2) is 4.68 Å². The van der Waals surface area contributed by atoms with Crippen molar-refractivity contribution >= 4 is 23.2 Å². The Labute approximate surface area is 139 Å². The van der Waals surface area contributed by atoms with E-state index >= 15 is 0 Å². The number of hydrogen-bond donors (Lipinski definition) is 1. The van der Waals surface area contributed by atoms with Gasteiger partial charge in [0.25, 0.3) is 5.91 Å². The highest BCUT2D eigenvalue weighted by molar-refractivity contribution is 6.34. The molecule has 23 heavy (non-hydrogen) atoms. The van der Waals surface area contributed by atoms with Crippen molar-refractivity contribution in [2.24, 2.45) is 0 Å². The summed E-state index contributed by atoms with van der Waals surface area (Å²) in [5.41, 5.74) is 3.84. The van der Waals surface area contributed by atoms with Crippen LogP contribution in [0.4, 0.5) is 5.69 Å². The van der Waals surface area contributed by atoms with Crippen LogP contribution in [0.1, 0.15) is 21.6 Å². The third-order valence-electron chi connectivity index (χ3n) is 3.63. The second-order valence-corrected chi connectivity index (χ2v) is 5.74. The van der Waals surface area contributed by atoms with Crippen LogP contribution in [0.2, 0.25) is 5.02 Å². The Bertz CT molecular complexity index is 856. The molecule has 0 aliphatic heterocycles. The molecule has 116 valence electrons. The molecule has 0 saturated carbocycles. The van der Waals surface area contributed by atoms with Gasteiger partial charge in [0.1, 0.15) is 0 Å². The lowest BCUT2D eigenvalue weighted by Crippen LogP contribution is -2.13. The summed E-state index contributed by atoms with van der Waals surface area (Å²) in [6, 6.07) is 15.2. The maximum Gasteiger partial charge on any atom is 0.259 e. The molecule has 0 radical (unpaired) electrons. The number of nitrogens with zero attached hydrogens (tertiary/aromatic N) is 2. The summed E-state index contributed by atoms with van der Waals surface area (Å²) >= 11 is 6.17. The number of aromatic nitrogens is 2. The number of para-hydroxylation sites is 1. The second kappa shape index (κ2) is 6.26. The maximum atomic E-state index is 12.5. The molecule has 1 N–H and O–H groups in total. The number of hydrogen-bond acceptors (Lipinski definition) is 2. The number of aryl methyl sites for hydroxylation is 1. The third kappa shape index (κ3) is 3.12. The molecule has 1 heterocycles. The number of halogens is 1. The quantitative estimate of drug-likeness (QED) is 0.776. The highest BCUT2D eigenvalue weighted by Gasteiger charge is 2.16. The largest absolute Gasteiger partial charge is 0.321 e. The molecule has 5 heteroatoms. The predicted octanol–water partition coefficient (Wildman–Crippen LogP) is 4.39. The van der Waals surface area contributed by atoms with E-state index in [4.69, 9.17) is 11.6 Å². The molecule has 3 aromatic rings. The van der Waals surface area contributed by atoms with Gasteiger partial charge in [0, 0.05) is 0 Å². The minimum Gasteiger partial charge on any atom is -0.321 e. The topological polar surface area (TPSA) is 46.9 Å². The molecule has 0 spiro atoms. The van der Waals surface area contributed by atoms with Gasteiger partial charge in [0.2, 0.25) is 0 Å². The van der Waals surface area contributed by atoms with E-state index in [1.165, 1.54) is 0 Å². The van der Waals surface area contributed by atoms with Crippen molar-refractivity contribution in [2.45, 2.75) is 13.8 Å². The molecule has 4 nitrogen and oxygen atoms in total. The molecule has 0 aliphatic carbocycles. The van der Waals surface area contributed by atoms with Gasteiger partial charge >= 0.3 is 0 Å². The van der Waals surface area contributed by atoms with Crippen LogP contribution < -0.4 is 5.32 Å². The van der Waals surface area contributed by atoms with Crippen LogP contribution in [0, 0.1) is 13.8 Å². The fraction of sp³-hybridized carbons (Fsp3) is 0.111. The van der Waals surface area contributed by atoms with Crippen LogP contribution in [0.3, 0.4) is 0 Å². The minimum atomic E-state index is -0.226. The lowest BCUT2D eigenvalue weighted by molar-refractivity contribution is 0.102. The van der Waals surface area contributed by atoms with Crippen LogP contribution >= 0.6 is 11.6 Å². The summed E-state index contributed by atoms with van der Waals surface area (Å²) in [6.45, 7) is 3.82. The van der Waals surface area contributed by atoms with Gasteiger partial charge in [-0.3, -0.25) is 4.79 Å². The second-order valence-electron chi connectivity index (χ2n) is 5.33. The summed E-state index contributed by atoms with van der Waals surface area (Å²) in [5, 5.41) is 7.66. The highest BCUT2D eigenvalue weighted by Crippen LogP contribution is 2.24. The van der Waals surface area contributed by atoms with E-state index < -0.39 is 0 Å². The first-order valence-corrected chi connectivity index (χ1v) is 7.61. The maximum absolute atomic E-state index is 12.5. The molecule has 1 amide bonds. The molecular weight excluding hydrogens is 310 g/mol. The molecule has 1 aromatic heterocycles. The average molecular weight is 326 g/mol. The molecule has 0 aliphatic rings. The van der Waals surface area contributed by atoms with Crippen molar-refractivity contribution in [3.05, 3.63) is 76.6 Å². The van der Waals surface area contributed by atoms with E-state index in [2.05, 4.69) is 10.4 Å². The zero-order valence-electron chi connectivity index (χ0n) is 12.9. The van der Waals surface area contributed by atoms with Crippen LogP contribution in [0.5, 0.6) is 0 Å². The fourth-order valence-corrected chi connectivity index (χ4v) is 2.66. The number of rotatable bonds is 3. The Morgan fingerprint density at radius 3 is 2.57 bits per heavy atom. The number of carbonyl (C=O) groups is 1. The normalized spacial score (nSPS) is 10.6. The van der Waals surface area contributed by atoms with E-state index in [-0.39, 0.29) is 5.91 Å². The van der Waals surface area contributed by atoms with Crippen LogP contribution in [0.15, 0.2) is 54.7 Å². The van der Waals surface area contributed by atoms with Gasteiger partial charge < -0.3 is 5.32 Å². The first-order chi connectivity index (χ1) is 11.1. The SMILES string of the molecule is Cc1ccc(NC(=O)c2cnn(-c3ccccc3)c2C)c(Cl)c1. The first-order valence-electron chi connectivity index (χ1n) is 7.24. The van der Waals surface area contributed by atoms with Gasteiger partial charge in [-0.1, -0.05) is 35.9 Å². The summed E-state index contributed by atoms with van der Waals surface area (Å²) in [5.74, 6) is -0.226. The third-order valence-corrected chi connectivity index (χ3v) is 3.94. The number of benzene rings is 2. The lowest BCUT2D eigenvalue weighted by Gasteiger charge is -2.08. The first kappa shape index (κ1) is 15.3. The van der Waals surface area contributed by atoms with Crippen molar-refractivity contribution in [3.8, 4) is 5.69 Å². The van der Waals surface area contributed by atoms with E-state index in [0.29, 0.717) is 16.3 Å². The van der Waals surface area contributed by atoms with Crippen molar-refractivity contribution in [3.63, 3.8) is 0 Å². The molecule has 0 saturated heterocycles. The summed E-state index contributed by atoms with van der Waals surface area (Å²) in [4.78, 5) is 12.5. The molecule has 0 fully saturated rings. The van der Waals surface area contributed by atoms with E-state index in [9.17, 15) is 4.79 Å². The molecule has 0 atom stereocenters. The number of amides is 1. The summed E-state index contributed by atoms with van der Waals surface area (Å²) in [6.07, 6.45) is 1.57. The van der Waals surface area contributed by atoms with Crippen molar-refractivity contribution in [2.75, 3.05) is 5.32 Å². The van der Waals surface area contributed by atoms with Crippen molar-refractivity contribution in [1.29, 1.82) is 0 Å². The summed E-state index contributed by atoms with van der Waals surface area (Å²) in [7, 11) is 0. The van der Waals surface area contributed by atoms with E-state index in [0.717, 1.165) is 16.9 Å².